The van der Waals surface area contributed by atoms with Crippen LogP contribution in [0.3, 0.4) is 0 Å². The zero-order valence-electron chi connectivity index (χ0n) is 8.45. The van der Waals surface area contributed by atoms with E-state index in [0.717, 1.165) is 12.8 Å². The van der Waals surface area contributed by atoms with E-state index in [1.54, 1.807) is 0 Å². The van der Waals surface area contributed by atoms with Crippen molar-refractivity contribution in [3.63, 3.8) is 0 Å². The van der Waals surface area contributed by atoms with E-state index in [9.17, 15) is 15.0 Å². The maximum Gasteiger partial charge on any atom is 0.255 e. The fourth-order valence-electron chi connectivity index (χ4n) is 1.37. The maximum atomic E-state index is 11.7. The molecule has 80 valence electrons. The number of rotatable bonds is 2. The van der Waals surface area contributed by atoms with Crippen LogP contribution >= 0.6 is 0 Å². The van der Waals surface area contributed by atoms with Crippen molar-refractivity contribution < 1.29 is 15.0 Å². The Hall–Kier alpha value is -1.71. The van der Waals surface area contributed by atoms with E-state index in [1.165, 1.54) is 18.2 Å². The molecule has 1 saturated carbocycles. The number of carbonyl (C=O) groups is 1. The van der Waals surface area contributed by atoms with E-state index < -0.39 is 0 Å². The lowest BCUT2D eigenvalue weighted by atomic mass is 10.1. The van der Waals surface area contributed by atoms with Crippen LogP contribution in [-0.4, -0.2) is 21.7 Å². The van der Waals surface area contributed by atoms with Crippen LogP contribution in [0, 0.1) is 0 Å². The molecule has 0 atom stereocenters. The summed E-state index contributed by atoms with van der Waals surface area (Å²) in [7, 11) is 0. The first-order valence-electron chi connectivity index (χ1n) is 4.85. The predicted octanol–water partition coefficient (Wildman–Crippen LogP) is 1.38. The highest BCUT2D eigenvalue weighted by atomic mass is 16.3. The summed E-state index contributed by atoms with van der Waals surface area (Å²) in [4.78, 5) is 11.7. The summed E-state index contributed by atoms with van der Waals surface area (Å²) in [5.41, 5.74) is -0.0160. The topological polar surface area (TPSA) is 69.6 Å². The summed E-state index contributed by atoms with van der Waals surface area (Å²) in [6, 6.07) is 4.35. The zero-order chi connectivity index (χ0) is 11.1. The quantitative estimate of drug-likeness (QED) is 0.642. The van der Waals surface area contributed by atoms with Gasteiger partial charge in [0.15, 0.2) is 11.5 Å². The average Bonchev–Trinajstić information content (AvgIpc) is 2.88. The molecule has 1 aliphatic rings. The minimum Gasteiger partial charge on any atom is -0.504 e. The molecule has 1 aromatic carbocycles. The van der Waals surface area contributed by atoms with Crippen molar-refractivity contribution in [3.05, 3.63) is 23.8 Å². The Labute approximate surface area is 87.6 Å². The monoisotopic (exact) mass is 207 g/mol. The Morgan fingerprint density at radius 1 is 1.40 bits per heavy atom. The van der Waals surface area contributed by atoms with Gasteiger partial charge in [-0.1, -0.05) is 6.07 Å². The van der Waals surface area contributed by atoms with E-state index >= 15 is 0 Å². The van der Waals surface area contributed by atoms with Gasteiger partial charge in [-0.3, -0.25) is 4.79 Å². The molecular weight excluding hydrogens is 194 g/mol. The minimum absolute atomic E-state index is 0.114. The van der Waals surface area contributed by atoms with Crippen molar-refractivity contribution in [3.8, 4) is 11.5 Å². The molecule has 0 unspecified atom stereocenters. The van der Waals surface area contributed by atoms with Gasteiger partial charge >= 0.3 is 0 Å². The molecule has 4 heteroatoms. The number of carbonyl (C=O) groups excluding carboxylic acids is 1. The number of benzene rings is 1. The van der Waals surface area contributed by atoms with Gasteiger partial charge < -0.3 is 15.5 Å². The summed E-state index contributed by atoms with van der Waals surface area (Å²) in [5.74, 6) is -0.980. The van der Waals surface area contributed by atoms with Gasteiger partial charge in [0.25, 0.3) is 5.91 Å². The third-order valence-electron chi connectivity index (χ3n) is 2.67. The fourth-order valence-corrected chi connectivity index (χ4v) is 1.37. The molecule has 1 aliphatic carbocycles. The number of hydrogen-bond acceptors (Lipinski definition) is 3. The Kier molecular flexibility index (Phi) is 2.07. The molecule has 0 bridgehead atoms. The van der Waals surface area contributed by atoms with Gasteiger partial charge in [-0.05, 0) is 31.9 Å². The van der Waals surface area contributed by atoms with Gasteiger partial charge in [0.05, 0.1) is 5.56 Å². The highest BCUT2D eigenvalue weighted by molar-refractivity contribution is 5.98. The van der Waals surface area contributed by atoms with Crippen LogP contribution in [0.2, 0.25) is 0 Å². The van der Waals surface area contributed by atoms with Crippen LogP contribution in [0.5, 0.6) is 11.5 Å². The molecule has 15 heavy (non-hydrogen) atoms. The van der Waals surface area contributed by atoms with Crippen LogP contribution in [-0.2, 0) is 0 Å². The lowest BCUT2D eigenvalue weighted by Crippen LogP contribution is -2.34. The van der Waals surface area contributed by atoms with Gasteiger partial charge in [0.2, 0.25) is 0 Å². The Balaban J connectivity index is 2.21. The van der Waals surface area contributed by atoms with E-state index in [-0.39, 0.29) is 28.5 Å². The van der Waals surface area contributed by atoms with Gasteiger partial charge in [0, 0.05) is 5.54 Å². The van der Waals surface area contributed by atoms with Crippen LogP contribution in [0.25, 0.3) is 0 Å². The summed E-state index contributed by atoms with van der Waals surface area (Å²) in [5, 5.41) is 21.5. The lowest BCUT2D eigenvalue weighted by molar-refractivity contribution is 0.0932. The highest BCUT2D eigenvalue weighted by Gasteiger charge is 2.39. The summed E-state index contributed by atoms with van der Waals surface area (Å²) in [6.45, 7) is 1.95. The summed E-state index contributed by atoms with van der Waals surface area (Å²) < 4.78 is 0. The SMILES string of the molecule is CC1(NC(=O)c2cccc(O)c2O)CC1. The third kappa shape index (κ3) is 1.88. The number of aromatic hydroxyl groups is 2. The Morgan fingerprint density at radius 2 is 2.07 bits per heavy atom. The van der Waals surface area contributed by atoms with E-state index in [1.807, 2.05) is 6.92 Å². The first-order valence-corrected chi connectivity index (χ1v) is 4.85. The summed E-state index contributed by atoms with van der Waals surface area (Å²) >= 11 is 0. The Bertz CT molecular complexity index is 410. The molecule has 2 rings (SSSR count). The molecule has 0 spiro atoms. The molecule has 0 radical (unpaired) electrons. The molecule has 0 aromatic heterocycles. The Morgan fingerprint density at radius 3 is 2.67 bits per heavy atom. The van der Waals surface area contributed by atoms with Crippen molar-refractivity contribution in [1.82, 2.24) is 5.32 Å². The molecule has 1 aromatic rings. The lowest BCUT2D eigenvalue weighted by Gasteiger charge is -2.12. The minimum atomic E-state index is -0.362. The number of para-hydroxylation sites is 1. The fraction of sp³-hybridized carbons (Fsp3) is 0.364. The van der Waals surface area contributed by atoms with Crippen LogP contribution in [0.15, 0.2) is 18.2 Å². The van der Waals surface area contributed by atoms with Crippen molar-refractivity contribution in [2.75, 3.05) is 0 Å². The zero-order valence-corrected chi connectivity index (χ0v) is 8.45. The van der Waals surface area contributed by atoms with Gasteiger partial charge in [-0.2, -0.15) is 0 Å². The largest absolute Gasteiger partial charge is 0.504 e. The molecule has 0 saturated heterocycles. The van der Waals surface area contributed by atoms with Gasteiger partial charge in [0.1, 0.15) is 0 Å². The molecule has 4 nitrogen and oxygen atoms in total. The number of phenolic OH excluding ortho intramolecular Hbond substituents is 2. The third-order valence-corrected chi connectivity index (χ3v) is 2.67. The van der Waals surface area contributed by atoms with Crippen LogP contribution in [0.1, 0.15) is 30.1 Å². The van der Waals surface area contributed by atoms with Crippen molar-refractivity contribution >= 4 is 5.91 Å². The van der Waals surface area contributed by atoms with Crippen molar-refractivity contribution in [2.45, 2.75) is 25.3 Å². The first-order chi connectivity index (χ1) is 7.02. The van der Waals surface area contributed by atoms with Crippen molar-refractivity contribution in [2.24, 2.45) is 0 Å². The number of phenols is 2. The average molecular weight is 207 g/mol. The second-order valence-electron chi connectivity index (χ2n) is 4.19. The number of nitrogens with one attached hydrogen (secondary N) is 1. The number of amides is 1. The van der Waals surface area contributed by atoms with E-state index in [0.29, 0.717) is 0 Å². The highest BCUT2D eigenvalue weighted by Crippen LogP contribution is 2.35. The summed E-state index contributed by atoms with van der Waals surface area (Å²) in [6.07, 6.45) is 1.91. The standard InChI is InChI=1S/C11H13NO3/c1-11(5-6-11)12-10(15)7-3-2-4-8(13)9(7)14/h2-4,13-14H,5-6H2,1H3,(H,12,15). The van der Waals surface area contributed by atoms with Crippen LogP contribution < -0.4 is 5.32 Å². The smallest absolute Gasteiger partial charge is 0.255 e. The molecular formula is C11H13NO3. The van der Waals surface area contributed by atoms with E-state index in [4.69, 9.17) is 0 Å². The number of hydrogen-bond donors (Lipinski definition) is 3. The predicted molar refractivity (Wildman–Crippen MR) is 54.9 cm³/mol. The second kappa shape index (κ2) is 3.15. The molecule has 0 aliphatic heterocycles. The molecule has 1 fully saturated rings. The normalized spacial score (nSPS) is 17.1. The van der Waals surface area contributed by atoms with Gasteiger partial charge in [-0.25, -0.2) is 0 Å². The van der Waals surface area contributed by atoms with Crippen LogP contribution in [0.4, 0.5) is 0 Å². The first kappa shape index (κ1) is 9.83. The molecule has 3 N–H and O–H groups in total. The second-order valence-corrected chi connectivity index (χ2v) is 4.19. The van der Waals surface area contributed by atoms with E-state index in [2.05, 4.69) is 5.32 Å². The maximum absolute atomic E-state index is 11.7. The molecule has 0 heterocycles. The van der Waals surface area contributed by atoms with Gasteiger partial charge in [-0.15, -0.1) is 0 Å². The van der Waals surface area contributed by atoms with Crippen molar-refractivity contribution in [1.29, 1.82) is 0 Å². The molecule has 1 amide bonds.